The summed E-state index contributed by atoms with van der Waals surface area (Å²) in [6, 6.07) is 17.2. The fraction of sp³-hybridized carbons (Fsp3) is 0.182. The number of rotatable bonds is 2. The van der Waals surface area contributed by atoms with Gasteiger partial charge in [-0.15, -0.1) is 0 Å². The van der Waals surface area contributed by atoms with Gasteiger partial charge in [0.15, 0.2) is 0 Å². The van der Waals surface area contributed by atoms with E-state index in [9.17, 15) is 0 Å². The van der Waals surface area contributed by atoms with Gasteiger partial charge in [0.25, 0.3) is 0 Å². The molecule has 4 aromatic rings. The van der Waals surface area contributed by atoms with E-state index in [0.29, 0.717) is 0 Å². The van der Waals surface area contributed by atoms with Crippen LogP contribution in [0.25, 0.3) is 32.3 Å². The lowest BCUT2D eigenvalue weighted by molar-refractivity contribution is 0.415. The van der Waals surface area contributed by atoms with E-state index in [-0.39, 0.29) is 0 Å². The van der Waals surface area contributed by atoms with Crippen molar-refractivity contribution in [3.05, 3.63) is 59.7 Å². The van der Waals surface area contributed by atoms with E-state index in [2.05, 4.69) is 50.2 Å². The summed E-state index contributed by atoms with van der Waals surface area (Å²) in [6.45, 7) is 4.35. The van der Waals surface area contributed by atoms with Crippen LogP contribution in [0.15, 0.2) is 48.5 Å². The Morgan fingerprint density at radius 1 is 0.583 bits per heavy atom. The molecule has 0 radical (unpaired) electrons. The number of hydrogen-bond acceptors (Lipinski definition) is 2. The van der Waals surface area contributed by atoms with Crippen molar-refractivity contribution >= 4 is 32.3 Å². The van der Waals surface area contributed by atoms with Crippen LogP contribution in [0, 0.1) is 13.8 Å². The van der Waals surface area contributed by atoms with E-state index in [1.54, 1.807) is 14.2 Å². The minimum Gasteiger partial charge on any atom is -0.497 e. The maximum Gasteiger partial charge on any atom is 0.119 e. The van der Waals surface area contributed by atoms with Crippen LogP contribution in [0.4, 0.5) is 0 Å². The minimum absolute atomic E-state index is 0.889. The molecule has 0 fully saturated rings. The molecule has 0 unspecified atom stereocenters. The Morgan fingerprint density at radius 3 is 1.92 bits per heavy atom. The van der Waals surface area contributed by atoms with Crippen LogP contribution in [-0.4, -0.2) is 14.2 Å². The van der Waals surface area contributed by atoms with Gasteiger partial charge < -0.3 is 9.47 Å². The smallest absolute Gasteiger partial charge is 0.119 e. The summed E-state index contributed by atoms with van der Waals surface area (Å²) in [5.74, 6) is 1.78. The van der Waals surface area contributed by atoms with Gasteiger partial charge in [-0.05, 0) is 81.6 Å². The number of aryl methyl sites for hydroxylation is 2. The molecule has 120 valence electrons. The molecule has 2 heteroatoms. The fourth-order valence-corrected chi connectivity index (χ4v) is 3.69. The van der Waals surface area contributed by atoms with Crippen molar-refractivity contribution in [1.82, 2.24) is 0 Å². The highest BCUT2D eigenvalue weighted by Crippen LogP contribution is 2.38. The molecule has 4 rings (SSSR count). The number of hydrogen-bond donors (Lipinski definition) is 0. The van der Waals surface area contributed by atoms with Gasteiger partial charge in [0.05, 0.1) is 14.2 Å². The monoisotopic (exact) mass is 316 g/mol. The van der Waals surface area contributed by atoms with Crippen LogP contribution in [0.3, 0.4) is 0 Å². The molecule has 0 aliphatic rings. The third-order valence-corrected chi connectivity index (χ3v) is 4.87. The lowest BCUT2D eigenvalue weighted by atomic mass is 9.91. The van der Waals surface area contributed by atoms with Crippen LogP contribution in [-0.2, 0) is 0 Å². The molecule has 0 heterocycles. The molecule has 0 atom stereocenters. The number of methoxy groups -OCH3 is 2. The van der Waals surface area contributed by atoms with Gasteiger partial charge in [-0.25, -0.2) is 0 Å². The summed E-state index contributed by atoms with van der Waals surface area (Å²) < 4.78 is 10.8. The van der Waals surface area contributed by atoms with Crippen molar-refractivity contribution in [2.45, 2.75) is 13.8 Å². The van der Waals surface area contributed by atoms with E-state index < -0.39 is 0 Å². The molecule has 4 aromatic carbocycles. The second-order valence-electron chi connectivity index (χ2n) is 6.31. The first-order chi connectivity index (χ1) is 11.6. The second-order valence-corrected chi connectivity index (χ2v) is 6.31. The van der Waals surface area contributed by atoms with Crippen molar-refractivity contribution in [3.8, 4) is 11.5 Å². The van der Waals surface area contributed by atoms with E-state index >= 15 is 0 Å². The van der Waals surface area contributed by atoms with Gasteiger partial charge in [-0.3, -0.25) is 0 Å². The molecule has 0 amide bonds. The van der Waals surface area contributed by atoms with E-state index in [1.807, 2.05) is 12.1 Å². The highest BCUT2D eigenvalue weighted by atomic mass is 16.5. The van der Waals surface area contributed by atoms with Crippen LogP contribution in [0.1, 0.15) is 11.1 Å². The number of benzene rings is 4. The van der Waals surface area contributed by atoms with Crippen LogP contribution in [0.5, 0.6) is 11.5 Å². The summed E-state index contributed by atoms with van der Waals surface area (Å²) in [5, 5.41) is 7.57. The summed E-state index contributed by atoms with van der Waals surface area (Å²) in [5.41, 5.74) is 2.55. The highest BCUT2D eigenvalue weighted by molar-refractivity contribution is 6.19. The van der Waals surface area contributed by atoms with Crippen molar-refractivity contribution in [2.24, 2.45) is 0 Å². The SMILES string of the molecule is COc1ccc2c(c1)cc(C)c1c3cc(OC)ccc3c(C)cc21. The van der Waals surface area contributed by atoms with Crippen molar-refractivity contribution in [1.29, 1.82) is 0 Å². The molecule has 0 saturated heterocycles. The zero-order valence-electron chi connectivity index (χ0n) is 14.4. The lowest BCUT2D eigenvalue weighted by Crippen LogP contribution is -1.90. The third-order valence-electron chi connectivity index (χ3n) is 4.87. The first kappa shape index (κ1) is 14.8. The predicted molar refractivity (Wildman–Crippen MR) is 102 cm³/mol. The number of ether oxygens (including phenoxy) is 2. The van der Waals surface area contributed by atoms with Crippen LogP contribution < -0.4 is 9.47 Å². The Hall–Kier alpha value is -2.74. The molecule has 0 N–H and O–H groups in total. The van der Waals surface area contributed by atoms with E-state index in [4.69, 9.17) is 9.47 Å². The fourth-order valence-electron chi connectivity index (χ4n) is 3.69. The summed E-state index contributed by atoms with van der Waals surface area (Å²) in [7, 11) is 3.42. The molecular weight excluding hydrogens is 296 g/mol. The molecule has 0 bridgehead atoms. The molecule has 0 aliphatic heterocycles. The number of fused-ring (bicyclic) bond motifs is 5. The van der Waals surface area contributed by atoms with Crippen LogP contribution in [0.2, 0.25) is 0 Å². The zero-order chi connectivity index (χ0) is 16.8. The third kappa shape index (κ3) is 2.10. The molecule has 0 aliphatic carbocycles. The summed E-state index contributed by atoms with van der Waals surface area (Å²) >= 11 is 0. The Kier molecular flexibility index (Phi) is 3.34. The van der Waals surface area contributed by atoms with Gasteiger partial charge in [0, 0.05) is 0 Å². The second kappa shape index (κ2) is 5.41. The summed E-state index contributed by atoms with van der Waals surface area (Å²) in [6.07, 6.45) is 0. The quantitative estimate of drug-likeness (QED) is 0.436. The molecule has 0 spiro atoms. The molecule has 24 heavy (non-hydrogen) atoms. The normalized spacial score (nSPS) is 11.3. The Bertz CT molecular complexity index is 1090. The van der Waals surface area contributed by atoms with Gasteiger partial charge in [-0.2, -0.15) is 0 Å². The predicted octanol–water partition coefficient (Wildman–Crippen LogP) is 5.78. The first-order valence-electron chi connectivity index (χ1n) is 8.11. The largest absolute Gasteiger partial charge is 0.497 e. The minimum atomic E-state index is 0.889. The zero-order valence-corrected chi connectivity index (χ0v) is 14.4. The van der Waals surface area contributed by atoms with Crippen LogP contribution >= 0.6 is 0 Å². The van der Waals surface area contributed by atoms with Crippen molar-refractivity contribution < 1.29 is 9.47 Å². The van der Waals surface area contributed by atoms with Crippen molar-refractivity contribution in [2.75, 3.05) is 14.2 Å². The maximum absolute atomic E-state index is 5.45. The first-order valence-corrected chi connectivity index (χ1v) is 8.11. The standard InChI is InChI=1S/C22H20O2/c1-13-10-20-19-8-6-16(23-3)11-15(19)9-14(2)22(20)21-12-17(24-4)5-7-18(13)21/h5-12H,1-4H3. The van der Waals surface area contributed by atoms with E-state index in [0.717, 1.165) is 11.5 Å². The molecule has 0 aromatic heterocycles. The average Bonchev–Trinajstić information content (AvgIpc) is 2.60. The molecule has 0 saturated carbocycles. The van der Waals surface area contributed by atoms with Gasteiger partial charge >= 0.3 is 0 Å². The van der Waals surface area contributed by atoms with Crippen molar-refractivity contribution in [3.63, 3.8) is 0 Å². The Labute approximate surface area is 141 Å². The maximum atomic E-state index is 5.45. The molecule has 2 nitrogen and oxygen atoms in total. The Balaban J connectivity index is 2.22. The average molecular weight is 316 g/mol. The Morgan fingerprint density at radius 2 is 1.21 bits per heavy atom. The molecular formula is C22H20O2. The van der Waals surface area contributed by atoms with E-state index in [1.165, 1.54) is 43.4 Å². The highest BCUT2D eigenvalue weighted by Gasteiger charge is 2.11. The van der Waals surface area contributed by atoms with Gasteiger partial charge in [0.2, 0.25) is 0 Å². The van der Waals surface area contributed by atoms with Gasteiger partial charge in [-0.1, -0.05) is 24.3 Å². The summed E-state index contributed by atoms with van der Waals surface area (Å²) in [4.78, 5) is 0. The van der Waals surface area contributed by atoms with Gasteiger partial charge in [0.1, 0.15) is 11.5 Å². The topological polar surface area (TPSA) is 18.5 Å². The lowest BCUT2D eigenvalue weighted by Gasteiger charge is -2.14.